The topological polar surface area (TPSA) is 38.0 Å². The molecular formula is C16H25F3N2. The van der Waals surface area contributed by atoms with Crippen LogP contribution in [-0.2, 0) is 6.18 Å². The van der Waals surface area contributed by atoms with Gasteiger partial charge in [0.2, 0.25) is 0 Å². The molecule has 2 unspecified atom stereocenters. The third-order valence-electron chi connectivity index (χ3n) is 3.42. The number of hydrazine groups is 1. The Balaban J connectivity index is 2.86. The fraction of sp³-hybridized carbons (Fsp3) is 0.625. The van der Waals surface area contributed by atoms with Crippen LogP contribution >= 0.6 is 0 Å². The molecule has 21 heavy (non-hydrogen) atoms. The minimum atomic E-state index is -4.33. The molecule has 1 aromatic rings. The predicted octanol–water partition coefficient (Wildman–Crippen LogP) is 4.67. The monoisotopic (exact) mass is 302 g/mol. The highest BCUT2D eigenvalue weighted by Gasteiger charge is 2.31. The van der Waals surface area contributed by atoms with Crippen LogP contribution in [0.4, 0.5) is 13.2 Å². The van der Waals surface area contributed by atoms with Gasteiger partial charge in [-0.15, -0.1) is 0 Å². The van der Waals surface area contributed by atoms with Crippen LogP contribution in [0.1, 0.15) is 57.7 Å². The second-order valence-electron chi connectivity index (χ2n) is 6.95. The van der Waals surface area contributed by atoms with Crippen LogP contribution in [0.3, 0.4) is 0 Å². The van der Waals surface area contributed by atoms with Gasteiger partial charge in [0, 0.05) is 6.04 Å². The molecule has 0 radical (unpaired) electrons. The van der Waals surface area contributed by atoms with Crippen LogP contribution in [0.2, 0.25) is 0 Å². The first kappa shape index (κ1) is 18.0. The molecule has 0 aromatic heterocycles. The zero-order chi connectivity index (χ0) is 16.3. The first-order valence-corrected chi connectivity index (χ1v) is 7.16. The Morgan fingerprint density at radius 1 is 1.19 bits per heavy atom. The average Bonchev–Trinajstić information content (AvgIpc) is 2.33. The summed E-state index contributed by atoms with van der Waals surface area (Å²) in [7, 11) is 0. The SMILES string of the molecule is CC(CC(NN)c1cccc(C(F)(F)F)c1)CC(C)(C)C. The van der Waals surface area contributed by atoms with Gasteiger partial charge in [0.1, 0.15) is 0 Å². The van der Waals surface area contributed by atoms with E-state index in [1.807, 2.05) is 0 Å². The number of nitrogens with one attached hydrogen (secondary N) is 1. The summed E-state index contributed by atoms with van der Waals surface area (Å²) in [6.07, 6.45) is -2.63. The molecule has 0 fully saturated rings. The van der Waals surface area contributed by atoms with Gasteiger partial charge in [-0.05, 0) is 41.9 Å². The molecule has 0 heterocycles. The Kier molecular flexibility index (Phi) is 5.82. The largest absolute Gasteiger partial charge is 0.416 e. The number of rotatable bonds is 5. The third kappa shape index (κ3) is 6.06. The molecule has 2 atom stereocenters. The van der Waals surface area contributed by atoms with Gasteiger partial charge < -0.3 is 0 Å². The summed E-state index contributed by atoms with van der Waals surface area (Å²) in [5.74, 6) is 5.91. The van der Waals surface area contributed by atoms with Crippen molar-refractivity contribution in [1.29, 1.82) is 0 Å². The molecule has 3 N–H and O–H groups in total. The fourth-order valence-electron chi connectivity index (χ4n) is 2.76. The van der Waals surface area contributed by atoms with Gasteiger partial charge in [0.25, 0.3) is 0 Å². The van der Waals surface area contributed by atoms with Gasteiger partial charge in [-0.1, -0.05) is 39.8 Å². The summed E-state index contributed by atoms with van der Waals surface area (Å²) in [6, 6.07) is 5.09. The normalized spacial score (nSPS) is 15.8. The van der Waals surface area contributed by atoms with Crippen LogP contribution < -0.4 is 11.3 Å². The van der Waals surface area contributed by atoms with Crippen molar-refractivity contribution in [3.05, 3.63) is 35.4 Å². The molecule has 5 heteroatoms. The number of alkyl halides is 3. The molecule has 0 bridgehead atoms. The number of hydrogen-bond acceptors (Lipinski definition) is 2. The van der Waals surface area contributed by atoms with E-state index in [0.29, 0.717) is 17.9 Å². The Bertz CT molecular complexity index is 450. The molecular weight excluding hydrogens is 277 g/mol. The van der Waals surface area contributed by atoms with Crippen molar-refractivity contribution in [1.82, 2.24) is 5.43 Å². The quantitative estimate of drug-likeness (QED) is 0.612. The fourth-order valence-corrected chi connectivity index (χ4v) is 2.76. The van der Waals surface area contributed by atoms with Crippen LogP contribution in [-0.4, -0.2) is 0 Å². The highest BCUT2D eigenvalue weighted by atomic mass is 19.4. The highest BCUT2D eigenvalue weighted by Crippen LogP contribution is 2.33. The standard InChI is InChI=1S/C16H25F3N2/c1-11(10-15(2,3)4)8-14(21-20)12-6-5-7-13(9-12)16(17,18)19/h5-7,9,11,14,21H,8,10,20H2,1-4H3. The summed E-state index contributed by atoms with van der Waals surface area (Å²) in [6.45, 7) is 8.55. The number of benzene rings is 1. The smallest absolute Gasteiger partial charge is 0.271 e. The highest BCUT2D eigenvalue weighted by molar-refractivity contribution is 5.28. The molecule has 0 aliphatic carbocycles. The van der Waals surface area contributed by atoms with E-state index in [9.17, 15) is 13.2 Å². The van der Waals surface area contributed by atoms with E-state index in [2.05, 4.69) is 33.1 Å². The van der Waals surface area contributed by atoms with Gasteiger partial charge in [-0.2, -0.15) is 13.2 Å². The van der Waals surface area contributed by atoms with E-state index >= 15 is 0 Å². The Labute approximate surface area is 124 Å². The average molecular weight is 302 g/mol. The van der Waals surface area contributed by atoms with Crippen molar-refractivity contribution in [3.8, 4) is 0 Å². The van der Waals surface area contributed by atoms with Crippen molar-refractivity contribution >= 4 is 0 Å². The van der Waals surface area contributed by atoms with E-state index in [0.717, 1.165) is 12.5 Å². The van der Waals surface area contributed by atoms with Gasteiger partial charge in [-0.25, -0.2) is 0 Å². The Hall–Kier alpha value is -1.07. The van der Waals surface area contributed by atoms with E-state index in [1.54, 1.807) is 6.07 Å². The van der Waals surface area contributed by atoms with Crippen LogP contribution in [0.25, 0.3) is 0 Å². The van der Waals surface area contributed by atoms with Crippen LogP contribution in [0, 0.1) is 11.3 Å². The maximum absolute atomic E-state index is 12.8. The summed E-state index contributed by atoms with van der Waals surface area (Å²) in [4.78, 5) is 0. The van der Waals surface area contributed by atoms with E-state index < -0.39 is 11.7 Å². The molecule has 0 aliphatic rings. The first-order valence-electron chi connectivity index (χ1n) is 7.16. The molecule has 2 nitrogen and oxygen atoms in total. The Morgan fingerprint density at radius 3 is 2.29 bits per heavy atom. The molecule has 0 spiro atoms. The molecule has 0 aliphatic heterocycles. The zero-order valence-corrected chi connectivity index (χ0v) is 13.1. The van der Waals surface area contributed by atoms with E-state index in [-0.39, 0.29) is 11.5 Å². The predicted molar refractivity (Wildman–Crippen MR) is 79.4 cm³/mol. The van der Waals surface area contributed by atoms with E-state index in [4.69, 9.17) is 5.84 Å². The number of hydrogen-bond donors (Lipinski definition) is 2. The van der Waals surface area contributed by atoms with Gasteiger partial charge in [0.15, 0.2) is 0 Å². The Morgan fingerprint density at radius 2 is 1.81 bits per heavy atom. The lowest BCUT2D eigenvalue weighted by atomic mass is 9.82. The molecule has 0 saturated heterocycles. The molecule has 1 rings (SSSR count). The minimum Gasteiger partial charge on any atom is -0.271 e. The third-order valence-corrected chi connectivity index (χ3v) is 3.42. The molecule has 1 aromatic carbocycles. The van der Waals surface area contributed by atoms with Crippen molar-refractivity contribution < 1.29 is 13.2 Å². The van der Waals surface area contributed by atoms with Crippen molar-refractivity contribution in [2.75, 3.05) is 0 Å². The molecule has 0 amide bonds. The lowest BCUT2D eigenvalue weighted by molar-refractivity contribution is -0.137. The molecule has 120 valence electrons. The van der Waals surface area contributed by atoms with Gasteiger partial charge in [0.05, 0.1) is 5.56 Å². The minimum absolute atomic E-state index is 0.187. The maximum Gasteiger partial charge on any atom is 0.416 e. The van der Waals surface area contributed by atoms with Crippen molar-refractivity contribution in [2.24, 2.45) is 17.2 Å². The van der Waals surface area contributed by atoms with Crippen LogP contribution in [0.5, 0.6) is 0 Å². The van der Waals surface area contributed by atoms with Crippen molar-refractivity contribution in [3.63, 3.8) is 0 Å². The summed E-state index contributed by atoms with van der Waals surface area (Å²) < 4.78 is 38.3. The second kappa shape index (κ2) is 6.79. The summed E-state index contributed by atoms with van der Waals surface area (Å²) >= 11 is 0. The van der Waals surface area contributed by atoms with Crippen LogP contribution in [0.15, 0.2) is 24.3 Å². The molecule has 0 saturated carbocycles. The zero-order valence-electron chi connectivity index (χ0n) is 13.1. The lowest BCUT2D eigenvalue weighted by Gasteiger charge is -2.27. The first-order chi connectivity index (χ1) is 9.53. The summed E-state index contributed by atoms with van der Waals surface area (Å²) in [5.41, 5.74) is 2.77. The lowest BCUT2D eigenvalue weighted by Crippen LogP contribution is -2.30. The summed E-state index contributed by atoms with van der Waals surface area (Å²) in [5, 5.41) is 0. The van der Waals surface area contributed by atoms with Crippen molar-refractivity contribution in [2.45, 2.75) is 52.8 Å². The second-order valence-corrected chi connectivity index (χ2v) is 6.95. The number of halogens is 3. The number of nitrogens with two attached hydrogens (primary N) is 1. The van der Waals surface area contributed by atoms with Gasteiger partial charge in [-0.3, -0.25) is 11.3 Å². The maximum atomic E-state index is 12.8. The van der Waals surface area contributed by atoms with Gasteiger partial charge >= 0.3 is 6.18 Å². The van der Waals surface area contributed by atoms with E-state index in [1.165, 1.54) is 12.1 Å².